The lowest BCUT2D eigenvalue weighted by Crippen LogP contribution is -1.98. The van der Waals surface area contributed by atoms with Crippen LogP contribution in [0, 0.1) is 0 Å². The number of benzene rings is 2. The van der Waals surface area contributed by atoms with Gasteiger partial charge in [0.05, 0.1) is 12.7 Å². The predicted molar refractivity (Wildman–Crippen MR) is 75.3 cm³/mol. The normalized spacial score (nSPS) is 10.7. The average molecular weight is 271 g/mol. The van der Waals surface area contributed by atoms with Crippen LogP contribution in [0.1, 0.15) is 15.9 Å². The van der Waals surface area contributed by atoms with Gasteiger partial charge in [0.25, 0.3) is 0 Å². The van der Waals surface area contributed by atoms with E-state index < -0.39 is 5.97 Å². The zero-order chi connectivity index (χ0) is 14.5. The number of aromatic hydroxyl groups is 1. The van der Waals surface area contributed by atoms with Crippen LogP contribution in [0.2, 0.25) is 0 Å². The molecule has 2 aromatic carbocycles. The van der Waals surface area contributed by atoms with Crippen molar-refractivity contribution in [1.29, 1.82) is 0 Å². The first-order valence-electron chi connectivity index (χ1n) is 5.86. The van der Waals surface area contributed by atoms with Crippen LogP contribution in [0.15, 0.2) is 47.5 Å². The highest BCUT2D eigenvalue weighted by Gasteiger charge is 2.13. The number of rotatable bonds is 4. The highest BCUT2D eigenvalue weighted by Crippen LogP contribution is 2.31. The van der Waals surface area contributed by atoms with Crippen LogP contribution in [-0.4, -0.2) is 29.5 Å². The SMILES string of the molecule is COc1cccc(C(=O)O)c1N=Cc1ccccc1O. The molecule has 2 N–H and O–H groups in total. The summed E-state index contributed by atoms with van der Waals surface area (Å²) in [6.45, 7) is 0. The van der Waals surface area contributed by atoms with E-state index in [2.05, 4.69) is 4.99 Å². The van der Waals surface area contributed by atoms with Crippen LogP contribution in [0.25, 0.3) is 0 Å². The maximum atomic E-state index is 11.2. The molecule has 0 bridgehead atoms. The Morgan fingerprint density at radius 1 is 1.20 bits per heavy atom. The maximum Gasteiger partial charge on any atom is 0.338 e. The van der Waals surface area contributed by atoms with Gasteiger partial charge in [-0.25, -0.2) is 4.79 Å². The number of nitrogens with zero attached hydrogens (tertiary/aromatic N) is 1. The van der Waals surface area contributed by atoms with E-state index in [9.17, 15) is 9.90 Å². The van der Waals surface area contributed by atoms with E-state index in [1.807, 2.05) is 0 Å². The summed E-state index contributed by atoms with van der Waals surface area (Å²) in [7, 11) is 1.44. The van der Waals surface area contributed by atoms with Crippen molar-refractivity contribution in [2.24, 2.45) is 4.99 Å². The number of methoxy groups -OCH3 is 1. The Bertz CT molecular complexity index is 665. The summed E-state index contributed by atoms with van der Waals surface area (Å²) in [5, 5.41) is 18.8. The van der Waals surface area contributed by atoms with Gasteiger partial charge in [-0.1, -0.05) is 18.2 Å². The van der Waals surface area contributed by atoms with Crippen molar-refractivity contribution in [3.63, 3.8) is 0 Å². The Morgan fingerprint density at radius 2 is 1.95 bits per heavy atom. The smallest absolute Gasteiger partial charge is 0.338 e. The third kappa shape index (κ3) is 2.77. The molecule has 2 aromatic rings. The molecular formula is C15H13NO4. The molecule has 2 rings (SSSR count). The van der Waals surface area contributed by atoms with Crippen LogP contribution in [0.4, 0.5) is 5.69 Å². The summed E-state index contributed by atoms with van der Waals surface area (Å²) in [6.07, 6.45) is 1.40. The Labute approximate surface area is 115 Å². The van der Waals surface area contributed by atoms with E-state index in [-0.39, 0.29) is 17.0 Å². The predicted octanol–water partition coefficient (Wildman–Crippen LogP) is 2.85. The second-order valence-electron chi connectivity index (χ2n) is 3.98. The van der Waals surface area contributed by atoms with Crippen LogP contribution in [0.5, 0.6) is 11.5 Å². The first-order chi connectivity index (χ1) is 9.63. The van der Waals surface area contributed by atoms with Gasteiger partial charge in [-0.2, -0.15) is 0 Å². The second-order valence-corrected chi connectivity index (χ2v) is 3.98. The largest absolute Gasteiger partial charge is 0.507 e. The molecule has 5 heteroatoms. The van der Waals surface area contributed by atoms with Crippen molar-refractivity contribution >= 4 is 17.9 Å². The number of para-hydroxylation sites is 2. The lowest BCUT2D eigenvalue weighted by molar-refractivity contribution is 0.0697. The molecule has 0 atom stereocenters. The van der Waals surface area contributed by atoms with Crippen molar-refractivity contribution in [2.45, 2.75) is 0 Å². The van der Waals surface area contributed by atoms with Gasteiger partial charge in [0, 0.05) is 11.8 Å². The summed E-state index contributed by atoms with van der Waals surface area (Å²) in [4.78, 5) is 15.3. The van der Waals surface area contributed by atoms with Crippen LogP contribution in [0.3, 0.4) is 0 Å². The molecule has 0 spiro atoms. The second kappa shape index (κ2) is 5.88. The highest BCUT2D eigenvalue weighted by atomic mass is 16.5. The van der Waals surface area contributed by atoms with Gasteiger partial charge in [0.1, 0.15) is 17.2 Å². The van der Waals surface area contributed by atoms with Crippen molar-refractivity contribution < 1.29 is 19.7 Å². The van der Waals surface area contributed by atoms with Gasteiger partial charge in [-0.05, 0) is 24.3 Å². The number of hydrogen-bond donors (Lipinski definition) is 2. The summed E-state index contributed by atoms with van der Waals surface area (Å²) in [6, 6.07) is 11.3. The number of phenols is 1. The number of carbonyl (C=O) groups is 1. The minimum Gasteiger partial charge on any atom is -0.507 e. The monoisotopic (exact) mass is 271 g/mol. The van der Waals surface area contributed by atoms with Crippen molar-refractivity contribution in [3.8, 4) is 11.5 Å². The Balaban J connectivity index is 2.47. The minimum absolute atomic E-state index is 0.0380. The van der Waals surface area contributed by atoms with Crippen molar-refractivity contribution in [1.82, 2.24) is 0 Å². The first-order valence-corrected chi connectivity index (χ1v) is 5.86. The molecule has 20 heavy (non-hydrogen) atoms. The van der Waals surface area contributed by atoms with E-state index in [0.29, 0.717) is 11.3 Å². The van der Waals surface area contributed by atoms with E-state index >= 15 is 0 Å². The number of ether oxygens (including phenoxy) is 1. The number of aromatic carboxylic acids is 1. The molecule has 0 radical (unpaired) electrons. The van der Waals surface area contributed by atoms with Gasteiger partial charge in [0.2, 0.25) is 0 Å². The molecule has 5 nitrogen and oxygen atoms in total. The first kappa shape index (κ1) is 13.6. The number of aliphatic imine (C=N–C) groups is 1. The molecular weight excluding hydrogens is 258 g/mol. The quantitative estimate of drug-likeness (QED) is 0.838. The molecule has 0 aliphatic heterocycles. The van der Waals surface area contributed by atoms with Crippen molar-refractivity contribution in [2.75, 3.05) is 7.11 Å². The Hall–Kier alpha value is -2.82. The maximum absolute atomic E-state index is 11.2. The van der Waals surface area contributed by atoms with Gasteiger partial charge < -0.3 is 14.9 Å². The third-order valence-corrected chi connectivity index (χ3v) is 2.72. The molecule has 0 aliphatic carbocycles. The number of carboxylic acids is 1. The number of phenolic OH excluding ortho intramolecular Hbond substituents is 1. The van der Waals surface area contributed by atoms with Gasteiger partial charge in [-0.3, -0.25) is 4.99 Å². The van der Waals surface area contributed by atoms with Gasteiger partial charge in [0.15, 0.2) is 0 Å². The molecule has 0 saturated carbocycles. The van der Waals surface area contributed by atoms with Crippen molar-refractivity contribution in [3.05, 3.63) is 53.6 Å². The topological polar surface area (TPSA) is 79.1 Å². The third-order valence-electron chi connectivity index (χ3n) is 2.72. The van der Waals surface area contributed by atoms with Crippen LogP contribution >= 0.6 is 0 Å². The molecule has 0 heterocycles. The van der Waals surface area contributed by atoms with E-state index in [4.69, 9.17) is 9.84 Å². The fraction of sp³-hybridized carbons (Fsp3) is 0.0667. The molecule has 0 aliphatic rings. The molecule has 102 valence electrons. The summed E-state index contributed by atoms with van der Waals surface area (Å²) < 4.78 is 5.12. The lowest BCUT2D eigenvalue weighted by Gasteiger charge is -2.07. The molecule has 0 fully saturated rings. The fourth-order valence-electron chi connectivity index (χ4n) is 1.72. The fourth-order valence-corrected chi connectivity index (χ4v) is 1.72. The van der Waals surface area contributed by atoms with Gasteiger partial charge in [-0.15, -0.1) is 0 Å². The zero-order valence-electron chi connectivity index (χ0n) is 10.8. The van der Waals surface area contributed by atoms with Gasteiger partial charge >= 0.3 is 5.97 Å². The zero-order valence-corrected chi connectivity index (χ0v) is 10.8. The Morgan fingerprint density at radius 3 is 2.60 bits per heavy atom. The van der Waals surface area contributed by atoms with E-state index in [1.165, 1.54) is 25.5 Å². The van der Waals surface area contributed by atoms with E-state index in [1.54, 1.807) is 30.3 Å². The van der Waals surface area contributed by atoms with E-state index in [0.717, 1.165) is 0 Å². The minimum atomic E-state index is -1.09. The molecule has 0 unspecified atom stereocenters. The summed E-state index contributed by atoms with van der Waals surface area (Å²) in [5.74, 6) is -0.659. The van der Waals surface area contributed by atoms with Crippen LogP contribution in [-0.2, 0) is 0 Å². The standard InChI is InChI=1S/C15H13NO4/c1-20-13-8-4-6-11(15(18)19)14(13)16-9-10-5-2-3-7-12(10)17/h2-9,17H,1H3,(H,18,19). The number of carboxylic acid groups (broad SMARTS) is 1. The summed E-state index contributed by atoms with van der Waals surface area (Å²) >= 11 is 0. The molecule has 0 saturated heterocycles. The van der Waals surface area contributed by atoms with Crippen LogP contribution < -0.4 is 4.74 Å². The molecule has 0 amide bonds. The average Bonchev–Trinajstić information content (AvgIpc) is 2.46. The highest BCUT2D eigenvalue weighted by molar-refractivity contribution is 5.97. The number of hydrogen-bond acceptors (Lipinski definition) is 4. The Kier molecular flexibility index (Phi) is 4.00. The molecule has 0 aromatic heterocycles. The summed E-state index contributed by atoms with van der Waals surface area (Å²) in [5.41, 5.74) is 0.747. The lowest BCUT2D eigenvalue weighted by atomic mass is 10.1.